The number of nitrogens with one attached hydrogen (secondary N) is 1. The summed E-state index contributed by atoms with van der Waals surface area (Å²) in [6.07, 6.45) is 0. The number of nitrogens with zero attached hydrogens (tertiary/aromatic N) is 5. The lowest BCUT2D eigenvalue weighted by Crippen LogP contribution is -2.22. The molecule has 0 saturated heterocycles. The van der Waals surface area contributed by atoms with E-state index in [0.717, 1.165) is 45.1 Å². The third-order valence-electron chi connectivity index (χ3n) is 9.56. The minimum atomic E-state index is -0.381. The van der Waals surface area contributed by atoms with Gasteiger partial charge in [-0.25, -0.2) is 0 Å². The van der Waals surface area contributed by atoms with E-state index in [1.165, 1.54) is 21.2 Å². The summed E-state index contributed by atoms with van der Waals surface area (Å²) in [4.78, 5) is 12.2. The minimum absolute atomic E-state index is 0.333. The van der Waals surface area contributed by atoms with Crippen molar-refractivity contribution >= 4 is 57.4 Å². The highest BCUT2D eigenvalue weighted by Gasteiger charge is 2.27. The number of hydrogen-bond donors (Lipinski definition) is 1. The first-order valence-electron chi connectivity index (χ1n) is 17.3. The molecule has 0 bridgehead atoms. The van der Waals surface area contributed by atoms with Crippen LogP contribution in [0, 0.1) is 22.7 Å². The second-order valence-corrected chi connectivity index (χ2v) is 13.8. The summed E-state index contributed by atoms with van der Waals surface area (Å²) in [5.74, 6) is 0.712. The molecule has 6 nitrogen and oxygen atoms in total. The van der Waals surface area contributed by atoms with Crippen LogP contribution in [0.4, 0.5) is 39.8 Å². The van der Waals surface area contributed by atoms with Crippen LogP contribution in [0.1, 0.15) is 33.9 Å². The Morgan fingerprint density at radius 3 is 1.74 bits per heavy atom. The van der Waals surface area contributed by atoms with Crippen molar-refractivity contribution in [2.45, 2.75) is 15.8 Å². The summed E-state index contributed by atoms with van der Waals surface area (Å²) in [6.45, 7) is 0. The van der Waals surface area contributed by atoms with Gasteiger partial charge in [-0.05, 0) is 90.5 Å². The Morgan fingerprint density at radius 2 is 1.11 bits per heavy atom. The quantitative estimate of drug-likeness (QED) is 0.186. The summed E-state index contributed by atoms with van der Waals surface area (Å²) in [5, 5.41) is 23.1. The van der Waals surface area contributed by atoms with E-state index in [4.69, 9.17) is 4.99 Å². The second kappa shape index (κ2) is 13.6. The molecule has 0 amide bonds. The maximum absolute atomic E-state index is 9.86. The zero-order valence-electron chi connectivity index (χ0n) is 28.4. The Balaban J connectivity index is 1.10. The molecule has 1 N–H and O–H groups in total. The fraction of sp³-hybridized carbons (Fsp3) is 0.0217. The van der Waals surface area contributed by atoms with Crippen LogP contribution in [-0.4, -0.2) is 5.84 Å². The van der Waals surface area contributed by atoms with Gasteiger partial charge in [0.05, 0.1) is 22.5 Å². The molecule has 250 valence electrons. The minimum Gasteiger partial charge on any atom is -0.340 e. The summed E-state index contributed by atoms with van der Waals surface area (Å²) < 4.78 is 0. The lowest BCUT2D eigenvalue weighted by Gasteiger charge is -2.33. The van der Waals surface area contributed by atoms with Crippen molar-refractivity contribution in [3.05, 3.63) is 198 Å². The predicted octanol–water partition coefficient (Wildman–Crippen LogP) is 11.8. The molecule has 9 rings (SSSR count). The molecule has 0 radical (unpaired) electrons. The predicted molar refractivity (Wildman–Crippen MR) is 214 cm³/mol. The fourth-order valence-electron chi connectivity index (χ4n) is 7.05. The zero-order valence-corrected chi connectivity index (χ0v) is 29.2. The molecular formula is C46H30N6S. The topological polar surface area (TPSA) is 78.5 Å². The van der Waals surface area contributed by atoms with Gasteiger partial charge < -0.3 is 15.1 Å². The Labute approximate surface area is 312 Å². The largest absolute Gasteiger partial charge is 0.340 e. The molecule has 2 heterocycles. The normalized spacial score (nSPS) is 14.0. The molecule has 0 spiro atoms. The number of anilines is 7. The van der Waals surface area contributed by atoms with Crippen molar-refractivity contribution in [1.29, 1.82) is 10.5 Å². The van der Waals surface area contributed by atoms with E-state index in [-0.39, 0.29) is 6.04 Å². The van der Waals surface area contributed by atoms with Gasteiger partial charge in [0.25, 0.3) is 0 Å². The van der Waals surface area contributed by atoms with E-state index in [2.05, 4.69) is 149 Å². The molecular weight excluding hydrogens is 669 g/mol. The van der Waals surface area contributed by atoms with Gasteiger partial charge in [0.15, 0.2) is 0 Å². The van der Waals surface area contributed by atoms with Gasteiger partial charge >= 0.3 is 0 Å². The van der Waals surface area contributed by atoms with E-state index >= 15 is 0 Å². The van der Waals surface area contributed by atoms with Crippen molar-refractivity contribution in [2.75, 3.05) is 15.1 Å². The smallest absolute Gasteiger partial charge is 0.133 e. The van der Waals surface area contributed by atoms with Gasteiger partial charge in [0.1, 0.15) is 24.0 Å². The standard InChI is InChI=1S/C46H30N6S/c47-29-33-27-39-40(28-34(33)30-48)49-46(32-11-3-1-4-12-32)50-45(39)31-19-21-36(22-20-31)51(35-13-5-2-6-14-35)37-23-25-38(26-24-37)52-41-15-7-9-17-43(41)53-44-18-10-8-16-42(44)52/h1-28,45H,(H,49,50). The molecule has 0 saturated carbocycles. The van der Waals surface area contributed by atoms with E-state index in [9.17, 15) is 10.5 Å². The van der Waals surface area contributed by atoms with Gasteiger partial charge in [0.2, 0.25) is 0 Å². The first-order chi connectivity index (χ1) is 26.2. The summed E-state index contributed by atoms with van der Waals surface area (Å²) in [5.41, 5.74) is 10.7. The average molecular weight is 699 g/mol. The number of para-hydroxylation sites is 3. The zero-order chi connectivity index (χ0) is 35.7. The average Bonchev–Trinajstić information content (AvgIpc) is 3.23. The number of benzene rings is 7. The maximum Gasteiger partial charge on any atom is 0.133 e. The van der Waals surface area contributed by atoms with Crippen molar-refractivity contribution in [1.82, 2.24) is 0 Å². The van der Waals surface area contributed by atoms with Crippen LogP contribution in [0.15, 0.2) is 185 Å². The number of hydrogen-bond acceptors (Lipinski definition) is 7. The van der Waals surface area contributed by atoms with Crippen LogP contribution in [0.25, 0.3) is 0 Å². The van der Waals surface area contributed by atoms with Crippen LogP contribution >= 0.6 is 11.8 Å². The number of nitriles is 2. The Kier molecular flexibility index (Phi) is 8.17. The van der Waals surface area contributed by atoms with E-state index in [1.54, 1.807) is 23.9 Å². The molecule has 1 unspecified atom stereocenters. The number of fused-ring (bicyclic) bond motifs is 3. The van der Waals surface area contributed by atoms with Gasteiger partial charge in [-0.1, -0.05) is 96.7 Å². The van der Waals surface area contributed by atoms with Gasteiger partial charge in [0, 0.05) is 49.4 Å². The number of rotatable bonds is 6. The third-order valence-corrected chi connectivity index (χ3v) is 10.7. The monoisotopic (exact) mass is 698 g/mol. The molecule has 0 fully saturated rings. The molecule has 7 aromatic rings. The summed E-state index contributed by atoms with van der Waals surface area (Å²) >= 11 is 1.80. The Morgan fingerprint density at radius 1 is 0.585 bits per heavy atom. The number of amidine groups is 1. The van der Waals surface area contributed by atoms with E-state index < -0.39 is 0 Å². The lowest BCUT2D eigenvalue weighted by atomic mass is 9.92. The Bertz CT molecular complexity index is 2540. The van der Waals surface area contributed by atoms with Gasteiger partial charge in [-0.3, -0.25) is 4.99 Å². The van der Waals surface area contributed by atoms with Crippen LogP contribution in [0.5, 0.6) is 0 Å². The van der Waals surface area contributed by atoms with Crippen LogP contribution in [-0.2, 0) is 0 Å². The van der Waals surface area contributed by atoms with Crippen molar-refractivity contribution in [3.8, 4) is 12.1 Å². The number of aliphatic imine (C=N–C) groups is 1. The fourth-order valence-corrected chi connectivity index (χ4v) is 8.11. The van der Waals surface area contributed by atoms with E-state index in [0.29, 0.717) is 17.0 Å². The highest BCUT2D eigenvalue weighted by Crippen LogP contribution is 2.51. The SMILES string of the molecule is N#Cc1cc2c(cc1C#N)C(c1ccc(N(c3ccccc3)c3ccc(N4c5ccccc5Sc5ccccc54)cc3)cc1)N=C(c1ccccc1)N2. The highest BCUT2D eigenvalue weighted by molar-refractivity contribution is 7.99. The maximum atomic E-state index is 9.86. The van der Waals surface area contributed by atoms with Crippen molar-refractivity contribution < 1.29 is 0 Å². The van der Waals surface area contributed by atoms with Gasteiger partial charge in [-0.2, -0.15) is 10.5 Å². The molecule has 2 aliphatic heterocycles. The molecule has 2 aliphatic rings. The highest BCUT2D eigenvalue weighted by atomic mass is 32.2. The lowest BCUT2D eigenvalue weighted by molar-refractivity contribution is 0.862. The molecule has 53 heavy (non-hydrogen) atoms. The van der Waals surface area contributed by atoms with Crippen LogP contribution < -0.4 is 15.1 Å². The van der Waals surface area contributed by atoms with Crippen molar-refractivity contribution in [2.24, 2.45) is 4.99 Å². The van der Waals surface area contributed by atoms with Crippen LogP contribution in [0.3, 0.4) is 0 Å². The summed E-state index contributed by atoms with van der Waals surface area (Å²) in [7, 11) is 0. The summed E-state index contributed by atoms with van der Waals surface area (Å²) in [6, 6.07) is 62.2. The van der Waals surface area contributed by atoms with E-state index in [1.807, 2.05) is 36.4 Å². The molecule has 0 aliphatic carbocycles. The first kappa shape index (κ1) is 31.9. The third kappa shape index (κ3) is 5.86. The molecule has 1 atom stereocenters. The first-order valence-corrected chi connectivity index (χ1v) is 18.1. The second-order valence-electron chi connectivity index (χ2n) is 12.7. The molecule has 0 aromatic heterocycles. The molecule has 7 aromatic carbocycles. The van der Waals surface area contributed by atoms with Gasteiger partial charge in [-0.15, -0.1) is 0 Å². The van der Waals surface area contributed by atoms with Crippen LogP contribution in [0.2, 0.25) is 0 Å². The van der Waals surface area contributed by atoms with Crippen molar-refractivity contribution in [3.63, 3.8) is 0 Å². The Hall–Kier alpha value is -7.06. The molecule has 7 heteroatoms.